The van der Waals surface area contributed by atoms with Crippen molar-refractivity contribution in [3.05, 3.63) is 65.2 Å². The molecule has 0 aliphatic carbocycles. The van der Waals surface area contributed by atoms with Crippen molar-refractivity contribution in [2.45, 2.75) is 72.5 Å². The summed E-state index contributed by atoms with van der Waals surface area (Å²) in [5.74, 6) is -0.663. The van der Waals surface area contributed by atoms with E-state index in [4.69, 9.17) is 0 Å². The smallest absolute Gasteiger partial charge is 0.244 e. The van der Waals surface area contributed by atoms with Gasteiger partial charge in [-0.2, -0.15) is 0 Å². The number of amides is 2. The first-order valence-corrected chi connectivity index (χ1v) is 14.1. The van der Waals surface area contributed by atoms with Crippen LogP contribution in [0.1, 0.15) is 57.2 Å². The molecule has 2 atom stereocenters. The molecule has 192 valence electrons. The van der Waals surface area contributed by atoms with Gasteiger partial charge in [0.1, 0.15) is 12.6 Å². The number of hydrogen-bond acceptors (Lipinski definition) is 4. The molecule has 0 fully saturated rings. The number of aryl methyl sites for hydroxylation is 2. The summed E-state index contributed by atoms with van der Waals surface area (Å²) in [5.41, 5.74) is 3.42. The average molecular weight is 502 g/mol. The molecule has 2 aromatic rings. The highest BCUT2D eigenvalue weighted by atomic mass is 32.2. The maximum Gasteiger partial charge on any atom is 0.244 e. The molecule has 0 radical (unpaired) electrons. The predicted molar refractivity (Wildman–Crippen MR) is 142 cm³/mol. The maximum absolute atomic E-state index is 13.7. The molecular formula is C27H39N3O4S. The SMILES string of the molecule is CCc1ccc(N(CC(=O)N(Cc2cccc(C)c2)[C@@H](CC)C(=O)N[C@@H](C)CC)S(C)(=O)=O)cc1. The Morgan fingerprint density at radius 1 is 0.971 bits per heavy atom. The second-order valence-electron chi connectivity index (χ2n) is 9.04. The van der Waals surface area contributed by atoms with Gasteiger partial charge in [0, 0.05) is 12.6 Å². The van der Waals surface area contributed by atoms with E-state index in [1.165, 1.54) is 4.90 Å². The molecule has 0 heterocycles. The van der Waals surface area contributed by atoms with E-state index in [0.29, 0.717) is 12.1 Å². The summed E-state index contributed by atoms with van der Waals surface area (Å²) in [6.45, 7) is 9.56. The van der Waals surface area contributed by atoms with Gasteiger partial charge in [0.25, 0.3) is 0 Å². The van der Waals surface area contributed by atoms with Gasteiger partial charge in [0.2, 0.25) is 21.8 Å². The van der Waals surface area contributed by atoms with Gasteiger partial charge in [-0.3, -0.25) is 13.9 Å². The van der Waals surface area contributed by atoms with Crippen molar-refractivity contribution < 1.29 is 18.0 Å². The lowest BCUT2D eigenvalue weighted by molar-refractivity contribution is -0.140. The van der Waals surface area contributed by atoms with E-state index < -0.39 is 22.0 Å². The summed E-state index contributed by atoms with van der Waals surface area (Å²) in [4.78, 5) is 28.3. The Hall–Kier alpha value is -2.87. The van der Waals surface area contributed by atoms with E-state index in [0.717, 1.165) is 40.1 Å². The van der Waals surface area contributed by atoms with E-state index in [-0.39, 0.29) is 25.0 Å². The monoisotopic (exact) mass is 501 g/mol. The van der Waals surface area contributed by atoms with Gasteiger partial charge in [0.05, 0.1) is 11.9 Å². The fourth-order valence-electron chi connectivity index (χ4n) is 3.88. The number of carbonyl (C=O) groups excluding carboxylic acids is 2. The van der Waals surface area contributed by atoms with Gasteiger partial charge in [-0.15, -0.1) is 0 Å². The Morgan fingerprint density at radius 2 is 1.63 bits per heavy atom. The number of anilines is 1. The molecule has 0 aromatic heterocycles. The van der Waals surface area contributed by atoms with Crippen LogP contribution in [0.3, 0.4) is 0 Å². The average Bonchev–Trinajstić information content (AvgIpc) is 2.81. The minimum Gasteiger partial charge on any atom is -0.352 e. The van der Waals surface area contributed by atoms with Gasteiger partial charge in [-0.1, -0.05) is 62.7 Å². The van der Waals surface area contributed by atoms with E-state index in [1.54, 1.807) is 12.1 Å². The van der Waals surface area contributed by atoms with E-state index in [2.05, 4.69) is 5.32 Å². The Balaban J connectivity index is 2.43. The summed E-state index contributed by atoms with van der Waals surface area (Å²) in [6, 6.07) is 14.1. The molecule has 2 rings (SSSR count). The number of sulfonamides is 1. The first kappa shape index (κ1) is 28.4. The zero-order valence-corrected chi connectivity index (χ0v) is 22.6. The van der Waals surface area contributed by atoms with Crippen LogP contribution < -0.4 is 9.62 Å². The Bertz CT molecular complexity index is 1100. The second-order valence-corrected chi connectivity index (χ2v) is 10.9. The highest BCUT2D eigenvalue weighted by Crippen LogP contribution is 2.21. The Kier molecular flexibility index (Phi) is 10.3. The summed E-state index contributed by atoms with van der Waals surface area (Å²) in [6.07, 6.45) is 3.09. The van der Waals surface area contributed by atoms with Crippen LogP contribution in [0.4, 0.5) is 5.69 Å². The van der Waals surface area contributed by atoms with Crippen LogP contribution in [0.15, 0.2) is 48.5 Å². The van der Waals surface area contributed by atoms with Gasteiger partial charge < -0.3 is 10.2 Å². The van der Waals surface area contributed by atoms with Crippen LogP contribution in [-0.2, 0) is 32.6 Å². The van der Waals surface area contributed by atoms with Crippen LogP contribution in [0.5, 0.6) is 0 Å². The third kappa shape index (κ3) is 8.09. The first-order chi connectivity index (χ1) is 16.5. The van der Waals surface area contributed by atoms with E-state index in [9.17, 15) is 18.0 Å². The topological polar surface area (TPSA) is 86.8 Å². The molecule has 0 unspecified atom stereocenters. The fraction of sp³-hybridized carbons (Fsp3) is 0.481. The molecule has 8 heteroatoms. The van der Waals surface area contributed by atoms with Crippen molar-refractivity contribution in [3.63, 3.8) is 0 Å². The van der Waals surface area contributed by atoms with Gasteiger partial charge in [-0.25, -0.2) is 8.42 Å². The lowest BCUT2D eigenvalue weighted by Gasteiger charge is -2.33. The molecule has 0 saturated carbocycles. The molecule has 2 amide bonds. The summed E-state index contributed by atoms with van der Waals surface area (Å²) in [5, 5.41) is 2.98. The molecule has 35 heavy (non-hydrogen) atoms. The van der Waals surface area contributed by atoms with Crippen molar-refractivity contribution in [2.75, 3.05) is 17.1 Å². The summed E-state index contributed by atoms with van der Waals surface area (Å²) < 4.78 is 26.5. The van der Waals surface area contributed by atoms with E-state index in [1.807, 2.05) is 71.0 Å². The van der Waals surface area contributed by atoms with Gasteiger partial charge >= 0.3 is 0 Å². The number of benzene rings is 2. The van der Waals surface area contributed by atoms with Gasteiger partial charge in [0.15, 0.2) is 0 Å². The van der Waals surface area contributed by atoms with Crippen LogP contribution in [-0.4, -0.2) is 50.0 Å². The number of rotatable bonds is 12. The first-order valence-electron chi connectivity index (χ1n) is 12.2. The number of hydrogen-bond donors (Lipinski definition) is 1. The standard InChI is InChI=1S/C27H39N3O4S/c1-7-21(5)28-27(32)25(9-3)29(18-23-12-10-11-20(4)17-23)26(31)19-30(35(6,33)34)24-15-13-22(8-2)14-16-24/h10-17,21,25H,7-9,18-19H2,1-6H3,(H,28,32)/t21-,25-/m0/s1. The van der Waals surface area contributed by atoms with Crippen molar-refractivity contribution in [1.29, 1.82) is 0 Å². The highest BCUT2D eigenvalue weighted by Gasteiger charge is 2.32. The predicted octanol–water partition coefficient (Wildman–Crippen LogP) is 4.05. The van der Waals surface area contributed by atoms with Crippen molar-refractivity contribution >= 4 is 27.5 Å². The highest BCUT2D eigenvalue weighted by molar-refractivity contribution is 7.92. The van der Waals surface area contributed by atoms with Gasteiger partial charge in [-0.05, 0) is 56.4 Å². The number of carbonyl (C=O) groups is 2. The third-order valence-electron chi connectivity index (χ3n) is 6.13. The van der Waals surface area contributed by atoms with Crippen LogP contribution >= 0.6 is 0 Å². The fourth-order valence-corrected chi connectivity index (χ4v) is 4.73. The zero-order chi connectivity index (χ0) is 26.2. The summed E-state index contributed by atoms with van der Waals surface area (Å²) in [7, 11) is -3.74. The van der Waals surface area contributed by atoms with E-state index >= 15 is 0 Å². The largest absolute Gasteiger partial charge is 0.352 e. The molecule has 0 saturated heterocycles. The molecule has 1 N–H and O–H groups in total. The van der Waals surface area contributed by atoms with Crippen LogP contribution in [0, 0.1) is 6.92 Å². The van der Waals surface area contributed by atoms with Crippen LogP contribution in [0.25, 0.3) is 0 Å². The second kappa shape index (κ2) is 12.7. The molecule has 0 aliphatic heterocycles. The minimum atomic E-state index is -3.74. The lowest BCUT2D eigenvalue weighted by atomic mass is 10.1. The molecular weight excluding hydrogens is 462 g/mol. The molecule has 0 spiro atoms. The molecule has 0 bridgehead atoms. The quantitative estimate of drug-likeness (QED) is 0.475. The summed E-state index contributed by atoms with van der Waals surface area (Å²) >= 11 is 0. The molecule has 0 aliphatic rings. The maximum atomic E-state index is 13.7. The molecule has 7 nitrogen and oxygen atoms in total. The third-order valence-corrected chi connectivity index (χ3v) is 7.27. The van der Waals surface area contributed by atoms with Crippen molar-refractivity contribution in [3.8, 4) is 0 Å². The Morgan fingerprint density at radius 3 is 2.14 bits per heavy atom. The minimum absolute atomic E-state index is 0.0305. The molecule has 2 aromatic carbocycles. The normalized spacial score (nSPS) is 13.1. The van der Waals surface area contributed by atoms with Crippen molar-refractivity contribution in [2.24, 2.45) is 0 Å². The zero-order valence-electron chi connectivity index (χ0n) is 21.7. The Labute approximate surface area is 210 Å². The number of nitrogens with zero attached hydrogens (tertiary/aromatic N) is 2. The number of nitrogens with one attached hydrogen (secondary N) is 1. The lowest BCUT2D eigenvalue weighted by Crippen LogP contribution is -2.53. The van der Waals surface area contributed by atoms with Crippen LogP contribution in [0.2, 0.25) is 0 Å². The van der Waals surface area contributed by atoms with Crippen molar-refractivity contribution in [1.82, 2.24) is 10.2 Å².